The summed E-state index contributed by atoms with van der Waals surface area (Å²) >= 11 is 0. The molecule has 206 valence electrons. The van der Waals surface area contributed by atoms with Crippen LogP contribution >= 0.6 is 0 Å². The molecular weight excluding hydrogens is 506 g/mol. The van der Waals surface area contributed by atoms with Gasteiger partial charge >= 0.3 is 5.97 Å². The lowest BCUT2D eigenvalue weighted by Gasteiger charge is -2.42. The van der Waals surface area contributed by atoms with Gasteiger partial charge in [0, 0.05) is 31.7 Å². The third kappa shape index (κ3) is 5.92. The SMILES string of the molecule is Cc1cc2c(cc1C[C@@H](C(=O)OC(C)(C)C)N1CCN(S(=O)(=O)c3ccccc3[N+](=O)[O-])[C@@H](C)C1)CCC2. The van der Waals surface area contributed by atoms with E-state index in [-0.39, 0.29) is 17.4 Å². The number of piperazine rings is 1. The van der Waals surface area contributed by atoms with Crippen LogP contribution in [0.4, 0.5) is 5.69 Å². The van der Waals surface area contributed by atoms with Gasteiger partial charge in [-0.1, -0.05) is 24.3 Å². The lowest BCUT2D eigenvalue weighted by atomic mass is 9.95. The second kappa shape index (κ2) is 10.7. The number of hydrogen-bond donors (Lipinski definition) is 0. The van der Waals surface area contributed by atoms with Gasteiger partial charge in [-0.25, -0.2) is 8.42 Å². The Morgan fingerprint density at radius 2 is 1.82 bits per heavy atom. The van der Waals surface area contributed by atoms with Crippen molar-refractivity contribution in [3.63, 3.8) is 0 Å². The molecule has 4 rings (SSSR count). The first-order chi connectivity index (χ1) is 17.8. The molecule has 0 spiro atoms. The summed E-state index contributed by atoms with van der Waals surface area (Å²) in [6.07, 6.45) is 3.73. The van der Waals surface area contributed by atoms with Gasteiger partial charge in [-0.05, 0) is 88.6 Å². The second-order valence-electron chi connectivity index (χ2n) is 11.3. The highest BCUT2D eigenvalue weighted by molar-refractivity contribution is 7.89. The summed E-state index contributed by atoms with van der Waals surface area (Å²) in [5.74, 6) is -0.334. The molecule has 0 aromatic heterocycles. The molecule has 0 N–H and O–H groups in total. The fourth-order valence-electron chi connectivity index (χ4n) is 5.52. The van der Waals surface area contributed by atoms with Crippen LogP contribution in [0.25, 0.3) is 0 Å². The van der Waals surface area contributed by atoms with Gasteiger partial charge in [-0.15, -0.1) is 0 Å². The Kier molecular flexibility index (Phi) is 7.97. The number of esters is 1. The Hall–Kier alpha value is -2.82. The van der Waals surface area contributed by atoms with E-state index < -0.39 is 38.3 Å². The monoisotopic (exact) mass is 543 g/mol. The van der Waals surface area contributed by atoms with Crippen molar-refractivity contribution in [2.75, 3.05) is 19.6 Å². The summed E-state index contributed by atoms with van der Waals surface area (Å²) in [6.45, 7) is 10.1. The largest absolute Gasteiger partial charge is 0.459 e. The molecule has 9 nitrogen and oxygen atoms in total. The number of fused-ring (bicyclic) bond motifs is 1. The maximum atomic E-state index is 13.5. The molecule has 1 fully saturated rings. The standard InChI is InChI=1S/C28H37N3O6S/c1-19-15-21-9-8-10-22(21)16-23(19)17-25(27(32)37-28(3,4)5)29-13-14-30(20(2)18-29)38(35,36)26-12-7-6-11-24(26)31(33)34/h6-7,11-12,15-16,20,25H,8-10,13-14,17-18H2,1-5H3/t20-,25-/m0/s1. The average molecular weight is 544 g/mol. The minimum atomic E-state index is -4.11. The van der Waals surface area contributed by atoms with Crippen LogP contribution in [0.5, 0.6) is 0 Å². The van der Waals surface area contributed by atoms with Gasteiger partial charge in [0.1, 0.15) is 11.6 Å². The number of hydrogen-bond acceptors (Lipinski definition) is 7. The van der Waals surface area contributed by atoms with E-state index in [0.29, 0.717) is 19.5 Å². The van der Waals surface area contributed by atoms with Gasteiger partial charge in [0.2, 0.25) is 10.0 Å². The van der Waals surface area contributed by atoms with Crippen LogP contribution in [0, 0.1) is 17.0 Å². The molecule has 2 aliphatic rings. The Morgan fingerprint density at radius 1 is 1.16 bits per heavy atom. The van der Waals surface area contributed by atoms with Crippen molar-refractivity contribution in [2.45, 2.75) is 82.9 Å². The molecule has 2 aromatic rings. The van der Waals surface area contributed by atoms with Crippen molar-refractivity contribution in [1.82, 2.24) is 9.21 Å². The lowest BCUT2D eigenvalue weighted by Crippen LogP contribution is -2.58. The Labute approximate surface area is 225 Å². The van der Waals surface area contributed by atoms with Crippen LogP contribution in [-0.4, -0.2) is 65.8 Å². The van der Waals surface area contributed by atoms with Gasteiger partial charge < -0.3 is 4.74 Å². The van der Waals surface area contributed by atoms with Crippen LogP contribution in [-0.2, 0) is 38.8 Å². The van der Waals surface area contributed by atoms with Crippen LogP contribution in [0.15, 0.2) is 41.3 Å². The molecule has 2 atom stereocenters. The van der Waals surface area contributed by atoms with E-state index in [1.807, 2.05) is 25.7 Å². The summed E-state index contributed by atoms with van der Waals surface area (Å²) in [5, 5.41) is 11.5. The molecule has 0 unspecified atom stereocenters. The first kappa shape index (κ1) is 28.2. The number of nitrogens with zero attached hydrogens (tertiary/aromatic N) is 3. The van der Waals surface area contributed by atoms with E-state index in [9.17, 15) is 23.3 Å². The van der Waals surface area contributed by atoms with Gasteiger partial charge in [0.05, 0.1) is 4.92 Å². The first-order valence-corrected chi connectivity index (χ1v) is 14.6. The van der Waals surface area contributed by atoms with Crippen molar-refractivity contribution < 1.29 is 22.9 Å². The third-order valence-electron chi connectivity index (χ3n) is 7.33. The third-order valence-corrected chi connectivity index (χ3v) is 9.39. The van der Waals surface area contributed by atoms with Crippen LogP contribution in [0.1, 0.15) is 56.4 Å². The zero-order valence-electron chi connectivity index (χ0n) is 22.8. The summed E-state index contributed by atoms with van der Waals surface area (Å²) in [4.78, 5) is 26.0. The maximum Gasteiger partial charge on any atom is 0.324 e. The average Bonchev–Trinajstić information content (AvgIpc) is 3.28. The number of rotatable bonds is 7. The van der Waals surface area contributed by atoms with Crippen LogP contribution in [0.2, 0.25) is 0 Å². The zero-order chi connectivity index (χ0) is 27.8. The predicted octanol–water partition coefficient (Wildman–Crippen LogP) is 4.04. The number of carbonyl (C=O) groups excluding carboxylic acids is 1. The summed E-state index contributed by atoms with van der Waals surface area (Å²) in [5.41, 5.74) is 3.85. The number of sulfonamides is 1. The van der Waals surface area contributed by atoms with Crippen LogP contribution < -0.4 is 0 Å². The Balaban J connectivity index is 1.60. The van der Waals surface area contributed by atoms with Gasteiger partial charge in [-0.2, -0.15) is 4.31 Å². The Bertz CT molecular complexity index is 1330. The molecule has 1 aliphatic carbocycles. The van der Waals surface area contributed by atoms with E-state index in [1.54, 1.807) is 6.92 Å². The molecule has 0 saturated carbocycles. The molecule has 1 aliphatic heterocycles. The minimum Gasteiger partial charge on any atom is -0.459 e. The normalized spacial score (nSPS) is 19.7. The number of nitro groups is 1. The molecular formula is C28H37N3O6S. The van der Waals surface area contributed by atoms with Crippen LogP contribution in [0.3, 0.4) is 0 Å². The lowest BCUT2D eigenvalue weighted by molar-refractivity contribution is -0.387. The molecule has 0 radical (unpaired) electrons. The van der Waals surface area contributed by atoms with E-state index in [1.165, 1.54) is 39.7 Å². The highest BCUT2D eigenvalue weighted by atomic mass is 32.2. The molecule has 0 bridgehead atoms. The second-order valence-corrected chi connectivity index (χ2v) is 13.2. The van der Waals surface area contributed by atoms with E-state index in [2.05, 4.69) is 19.1 Å². The number of ether oxygens (including phenoxy) is 1. The number of aryl methyl sites for hydroxylation is 3. The van der Waals surface area contributed by atoms with Crippen molar-refractivity contribution in [2.24, 2.45) is 0 Å². The fourth-order valence-corrected chi connectivity index (χ4v) is 7.29. The van der Waals surface area contributed by atoms with E-state index >= 15 is 0 Å². The fraction of sp³-hybridized carbons (Fsp3) is 0.536. The van der Waals surface area contributed by atoms with Crippen molar-refractivity contribution >= 4 is 21.7 Å². The van der Waals surface area contributed by atoms with Gasteiger partial charge in [-0.3, -0.25) is 19.8 Å². The summed E-state index contributed by atoms with van der Waals surface area (Å²) in [6, 6.07) is 8.77. The van der Waals surface area contributed by atoms with Crippen molar-refractivity contribution in [3.8, 4) is 0 Å². The zero-order valence-corrected chi connectivity index (χ0v) is 23.6. The van der Waals surface area contributed by atoms with Gasteiger partial charge in [0.15, 0.2) is 4.90 Å². The molecule has 1 saturated heterocycles. The molecule has 10 heteroatoms. The van der Waals surface area contributed by atoms with Crippen molar-refractivity contribution in [3.05, 3.63) is 68.8 Å². The number of benzene rings is 2. The highest BCUT2D eigenvalue weighted by Crippen LogP contribution is 2.31. The number of carbonyl (C=O) groups is 1. The van der Waals surface area contributed by atoms with Gasteiger partial charge in [0.25, 0.3) is 5.69 Å². The summed E-state index contributed by atoms with van der Waals surface area (Å²) in [7, 11) is -4.11. The van der Waals surface area contributed by atoms with E-state index in [0.717, 1.165) is 30.4 Å². The quantitative estimate of drug-likeness (QED) is 0.294. The van der Waals surface area contributed by atoms with Crippen molar-refractivity contribution in [1.29, 1.82) is 0 Å². The number of nitro benzene ring substituents is 1. The first-order valence-electron chi connectivity index (χ1n) is 13.1. The molecule has 0 amide bonds. The highest BCUT2D eigenvalue weighted by Gasteiger charge is 2.41. The molecule has 1 heterocycles. The van der Waals surface area contributed by atoms with E-state index in [4.69, 9.17) is 4.74 Å². The number of para-hydroxylation sites is 1. The molecule has 2 aromatic carbocycles. The minimum absolute atomic E-state index is 0.109. The smallest absolute Gasteiger partial charge is 0.324 e. The topological polar surface area (TPSA) is 110 Å². The predicted molar refractivity (Wildman–Crippen MR) is 145 cm³/mol. The Morgan fingerprint density at radius 3 is 2.45 bits per heavy atom. The summed E-state index contributed by atoms with van der Waals surface area (Å²) < 4.78 is 34.1. The maximum absolute atomic E-state index is 13.5. The molecule has 38 heavy (non-hydrogen) atoms.